The Morgan fingerprint density at radius 2 is 2.25 bits per heavy atom. The minimum atomic E-state index is -0.0491. The summed E-state index contributed by atoms with van der Waals surface area (Å²) in [5.41, 5.74) is 6.77. The summed E-state index contributed by atoms with van der Waals surface area (Å²) in [5.74, 6) is 6.16. The quantitative estimate of drug-likeness (QED) is 0.734. The summed E-state index contributed by atoms with van der Waals surface area (Å²) >= 11 is 0. The van der Waals surface area contributed by atoms with Crippen molar-refractivity contribution in [1.82, 2.24) is 4.98 Å². The molecule has 0 aliphatic rings. The van der Waals surface area contributed by atoms with Crippen LogP contribution in [0.5, 0.6) is 0 Å². The van der Waals surface area contributed by atoms with Crippen LogP contribution in [0.2, 0.25) is 0 Å². The van der Waals surface area contributed by atoms with Crippen LogP contribution in [0.3, 0.4) is 0 Å². The smallest absolute Gasteiger partial charge is 0.0665 e. The summed E-state index contributed by atoms with van der Waals surface area (Å²) in [5, 5.41) is 2.24. The Kier molecular flexibility index (Phi) is 3.19. The minimum Gasteiger partial charge on any atom is -0.318 e. The zero-order valence-electron chi connectivity index (χ0n) is 9.27. The van der Waals surface area contributed by atoms with Gasteiger partial charge in [0.2, 0.25) is 0 Å². The first kappa shape index (κ1) is 10.7. The number of hydrogen-bond donors (Lipinski definition) is 1. The molecule has 1 atom stereocenters. The molecule has 2 heteroatoms. The van der Waals surface area contributed by atoms with Gasteiger partial charge in [-0.15, -0.1) is 0 Å². The fourth-order valence-corrected chi connectivity index (χ4v) is 1.49. The van der Waals surface area contributed by atoms with Crippen molar-refractivity contribution in [2.24, 2.45) is 5.73 Å². The average Bonchev–Trinajstić information content (AvgIpc) is 2.35. The van der Waals surface area contributed by atoms with Gasteiger partial charge in [0, 0.05) is 23.3 Å². The van der Waals surface area contributed by atoms with Crippen LogP contribution < -0.4 is 5.73 Å². The van der Waals surface area contributed by atoms with Gasteiger partial charge < -0.3 is 5.73 Å². The van der Waals surface area contributed by atoms with E-state index < -0.39 is 0 Å². The minimum absolute atomic E-state index is 0.0491. The Morgan fingerprint density at radius 3 is 3.06 bits per heavy atom. The highest BCUT2D eigenvalue weighted by atomic mass is 14.6. The number of rotatable bonds is 1. The Hall–Kier alpha value is -1.85. The van der Waals surface area contributed by atoms with E-state index in [4.69, 9.17) is 5.73 Å². The van der Waals surface area contributed by atoms with Crippen molar-refractivity contribution in [2.75, 3.05) is 0 Å². The second kappa shape index (κ2) is 4.78. The van der Waals surface area contributed by atoms with Gasteiger partial charge in [0.25, 0.3) is 0 Å². The van der Waals surface area contributed by atoms with Gasteiger partial charge >= 0.3 is 0 Å². The SMILES string of the molecule is CCC(N)C#Cc1cccc2ccncc12. The fourth-order valence-electron chi connectivity index (χ4n) is 1.49. The Balaban J connectivity index is 2.47. The van der Waals surface area contributed by atoms with E-state index in [0.29, 0.717) is 0 Å². The molecule has 0 saturated heterocycles. The summed E-state index contributed by atoms with van der Waals surface area (Å²) < 4.78 is 0. The zero-order chi connectivity index (χ0) is 11.4. The van der Waals surface area contributed by atoms with E-state index in [1.807, 2.05) is 31.3 Å². The van der Waals surface area contributed by atoms with E-state index in [0.717, 1.165) is 22.8 Å². The summed E-state index contributed by atoms with van der Waals surface area (Å²) in [6, 6.07) is 8.00. The molecule has 1 heterocycles. The second-order valence-corrected chi connectivity index (χ2v) is 3.69. The molecule has 0 aliphatic carbocycles. The van der Waals surface area contributed by atoms with Gasteiger partial charge in [-0.05, 0) is 23.9 Å². The molecule has 2 aromatic rings. The standard InChI is InChI=1S/C14H14N2/c1-2-13(15)7-6-11-4-3-5-12-8-9-16-10-14(11)12/h3-5,8-10,13H,2,15H2,1H3. The van der Waals surface area contributed by atoms with Crippen LogP contribution in [-0.4, -0.2) is 11.0 Å². The highest BCUT2D eigenvalue weighted by Gasteiger charge is 1.97. The maximum absolute atomic E-state index is 5.78. The van der Waals surface area contributed by atoms with E-state index in [-0.39, 0.29) is 6.04 Å². The van der Waals surface area contributed by atoms with Gasteiger partial charge in [-0.2, -0.15) is 0 Å². The predicted octanol–water partition coefficient (Wildman–Crippen LogP) is 2.32. The molecule has 0 saturated carbocycles. The van der Waals surface area contributed by atoms with E-state index in [9.17, 15) is 0 Å². The monoisotopic (exact) mass is 210 g/mol. The van der Waals surface area contributed by atoms with Crippen molar-refractivity contribution in [3.05, 3.63) is 42.2 Å². The van der Waals surface area contributed by atoms with Crippen molar-refractivity contribution in [3.8, 4) is 11.8 Å². The molecule has 0 aliphatic heterocycles. The van der Waals surface area contributed by atoms with Crippen molar-refractivity contribution in [1.29, 1.82) is 0 Å². The predicted molar refractivity (Wildman–Crippen MR) is 66.9 cm³/mol. The summed E-state index contributed by atoms with van der Waals surface area (Å²) in [7, 11) is 0. The molecule has 1 aromatic carbocycles. The van der Waals surface area contributed by atoms with E-state index in [2.05, 4.69) is 22.9 Å². The Labute approximate surface area is 95.5 Å². The first-order chi connectivity index (χ1) is 7.81. The third-order valence-electron chi connectivity index (χ3n) is 2.52. The van der Waals surface area contributed by atoms with Crippen LogP contribution in [0.25, 0.3) is 10.8 Å². The maximum Gasteiger partial charge on any atom is 0.0665 e. The topological polar surface area (TPSA) is 38.9 Å². The third-order valence-corrected chi connectivity index (χ3v) is 2.52. The Bertz CT molecular complexity index is 544. The van der Waals surface area contributed by atoms with Gasteiger partial charge in [-0.1, -0.05) is 30.9 Å². The van der Waals surface area contributed by atoms with Crippen molar-refractivity contribution >= 4 is 10.8 Å². The van der Waals surface area contributed by atoms with Gasteiger partial charge in [0.05, 0.1) is 6.04 Å². The van der Waals surface area contributed by atoms with Gasteiger partial charge in [-0.25, -0.2) is 0 Å². The van der Waals surface area contributed by atoms with Crippen LogP contribution >= 0.6 is 0 Å². The molecular formula is C14H14N2. The number of benzene rings is 1. The fraction of sp³-hybridized carbons (Fsp3) is 0.214. The maximum atomic E-state index is 5.78. The van der Waals surface area contributed by atoms with Crippen LogP contribution in [-0.2, 0) is 0 Å². The van der Waals surface area contributed by atoms with Gasteiger partial charge in [0.1, 0.15) is 0 Å². The van der Waals surface area contributed by atoms with Gasteiger partial charge in [-0.3, -0.25) is 4.98 Å². The van der Waals surface area contributed by atoms with Gasteiger partial charge in [0.15, 0.2) is 0 Å². The molecule has 0 radical (unpaired) electrons. The summed E-state index contributed by atoms with van der Waals surface area (Å²) in [6.45, 7) is 2.03. The summed E-state index contributed by atoms with van der Waals surface area (Å²) in [4.78, 5) is 4.12. The van der Waals surface area contributed by atoms with Crippen molar-refractivity contribution in [3.63, 3.8) is 0 Å². The first-order valence-corrected chi connectivity index (χ1v) is 5.41. The number of hydrogen-bond acceptors (Lipinski definition) is 2. The molecule has 2 rings (SSSR count). The second-order valence-electron chi connectivity index (χ2n) is 3.69. The van der Waals surface area contributed by atoms with Crippen molar-refractivity contribution in [2.45, 2.75) is 19.4 Å². The van der Waals surface area contributed by atoms with Crippen LogP contribution in [0.1, 0.15) is 18.9 Å². The molecule has 80 valence electrons. The molecule has 0 amide bonds. The summed E-state index contributed by atoms with van der Waals surface area (Å²) in [6.07, 6.45) is 4.50. The average molecular weight is 210 g/mol. The van der Waals surface area contributed by atoms with E-state index in [1.165, 1.54) is 0 Å². The molecule has 0 bridgehead atoms. The molecule has 1 aromatic heterocycles. The lowest BCUT2D eigenvalue weighted by atomic mass is 10.1. The lowest BCUT2D eigenvalue weighted by Gasteiger charge is -2.00. The normalized spacial score (nSPS) is 11.9. The third kappa shape index (κ3) is 2.21. The molecule has 16 heavy (non-hydrogen) atoms. The number of nitrogens with zero attached hydrogens (tertiary/aromatic N) is 1. The van der Waals surface area contributed by atoms with Crippen LogP contribution in [0.4, 0.5) is 0 Å². The van der Waals surface area contributed by atoms with Crippen molar-refractivity contribution < 1.29 is 0 Å². The number of aromatic nitrogens is 1. The Morgan fingerprint density at radius 1 is 1.38 bits per heavy atom. The van der Waals surface area contributed by atoms with Crippen LogP contribution in [0, 0.1) is 11.8 Å². The lowest BCUT2D eigenvalue weighted by molar-refractivity contribution is 0.806. The molecule has 2 N–H and O–H groups in total. The zero-order valence-corrected chi connectivity index (χ0v) is 9.27. The van der Waals surface area contributed by atoms with E-state index in [1.54, 1.807) is 6.20 Å². The highest BCUT2D eigenvalue weighted by Crippen LogP contribution is 2.16. The lowest BCUT2D eigenvalue weighted by Crippen LogP contribution is -2.15. The number of pyridine rings is 1. The molecular weight excluding hydrogens is 196 g/mol. The molecule has 0 fully saturated rings. The van der Waals surface area contributed by atoms with Crippen LogP contribution in [0.15, 0.2) is 36.7 Å². The van der Waals surface area contributed by atoms with E-state index >= 15 is 0 Å². The molecule has 2 nitrogen and oxygen atoms in total. The largest absolute Gasteiger partial charge is 0.318 e. The molecule has 0 spiro atoms. The highest BCUT2D eigenvalue weighted by molar-refractivity contribution is 5.87. The first-order valence-electron chi connectivity index (χ1n) is 5.41. The molecule has 1 unspecified atom stereocenters. The number of nitrogens with two attached hydrogens (primary N) is 1. The number of fused-ring (bicyclic) bond motifs is 1.